The number of benzene rings is 4. The minimum atomic E-state index is -3.87. The molecule has 0 radical (unpaired) electrons. The Morgan fingerprint density at radius 3 is 0.763 bits per heavy atom. The molecule has 0 saturated carbocycles. The minimum Gasteiger partial charge on any atom is -0.490 e. The summed E-state index contributed by atoms with van der Waals surface area (Å²) in [6.07, 6.45) is 19.1. The molecule has 0 bridgehead atoms. The molecule has 59 heavy (non-hydrogen) atoms. The van der Waals surface area contributed by atoms with Crippen LogP contribution in [0.25, 0.3) is 32.3 Å². The van der Waals surface area contributed by atoms with Gasteiger partial charge < -0.3 is 38.2 Å². The summed E-state index contributed by atoms with van der Waals surface area (Å²) in [5, 5.41) is 6.38. The average Bonchev–Trinajstić information content (AvgIpc) is 3.21. The largest absolute Gasteiger partial charge is 0.490 e. The zero-order valence-electron chi connectivity index (χ0n) is 37.0. The molecule has 2 N–H and O–H groups in total. The average molecular weight is 839 g/mol. The Morgan fingerprint density at radius 2 is 0.542 bits per heavy atom. The second kappa shape index (κ2) is 26.7. The normalized spacial score (nSPS) is 11.8. The van der Waals surface area contributed by atoms with Gasteiger partial charge in [0.05, 0.1) is 39.6 Å². The summed E-state index contributed by atoms with van der Waals surface area (Å²) in [5.41, 5.74) is 0. The quantitative estimate of drug-likeness (QED) is 0.0275. The van der Waals surface area contributed by atoms with E-state index in [4.69, 9.17) is 38.2 Å². The van der Waals surface area contributed by atoms with E-state index in [-0.39, 0.29) is 6.16 Å². The monoisotopic (exact) mass is 839 g/mol. The fourth-order valence-corrected chi connectivity index (χ4v) is 7.80. The van der Waals surface area contributed by atoms with Crippen LogP contribution in [0.5, 0.6) is 34.5 Å². The molecule has 0 aromatic heterocycles. The summed E-state index contributed by atoms with van der Waals surface area (Å²) in [4.78, 5) is 18.1. The van der Waals surface area contributed by atoms with E-state index in [1.54, 1.807) is 0 Å². The van der Waals surface area contributed by atoms with Crippen LogP contribution < -0.4 is 28.4 Å². The van der Waals surface area contributed by atoms with Gasteiger partial charge in [0, 0.05) is 6.16 Å². The SMILES string of the molecule is CCCCOc1cc2c3cc(OCCCC)c(OCCCC)cc3c3cc(OCCCCCCCCCCCP(=O)(O)O)c(OCCCC)cc3c2cc1OCCCC. The van der Waals surface area contributed by atoms with Crippen molar-refractivity contribution in [3.05, 3.63) is 36.4 Å². The van der Waals surface area contributed by atoms with Crippen LogP contribution in [-0.2, 0) is 4.57 Å². The highest BCUT2D eigenvalue weighted by atomic mass is 31.2. The van der Waals surface area contributed by atoms with Gasteiger partial charge in [-0.15, -0.1) is 0 Å². The van der Waals surface area contributed by atoms with E-state index in [1.165, 1.54) is 0 Å². The predicted octanol–water partition coefficient (Wildman–Crippen LogP) is 14.1. The molecule has 9 nitrogen and oxygen atoms in total. The van der Waals surface area contributed by atoms with Gasteiger partial charge in [-0.1, -0.05) is 112 Å². The highest BCUT2D eigenvalue weighted by molar-refractivity contribution is 7.51. The van der Waals surface area contributed by atoms with Crippen molar-refractivity contribution >= 4 is 39.9 Å². The molecule has 330 valence electrons. The van der Waals surface area contributed by atoms with E-state index in [2.05, 4.69) is 71.0 Å². The van der Waals surface area contributed by atoms with Crippen molar-refractivity contribution in [1.29, 1.82) is 0 Å². The third kappa shape index (κ3) is 15.9. The van der Waals surface area contributed by atoms with Crippen molar-refractivity contribution in [2.45, 2.75) is 157 Å². The summed E-state index contributed by atoms with van der Waals surface area (Å²) < 4.78 is 50.0. The van der Waals surface area contributed by atoms with Crippen LogP contribution in [0.1, 0.15) is 157 Å². The van der Waals surface area contributed by atoms with E-state index >= 15 is 0 Å². The number of unbranched alkanes of at least 4 members (excludes halogenated alkanes) is 13. The Balaban J connectivity index is 1.73. The van der Waals surface area contributed by atoms with Gasteiger partial charge in [0.25, 0.3) is 0 Å². The van der Waals surface area contributed by atoms with E-state index in [9.17, 15) is 4.57 Å². The molecular weight excluding hydrogens is 764 g/mol. The first-order valence-corrected chi connectivity index (χ1v) is 24.9. The lowest BCUT2D eigenvalue weighted by atomic mass is 9.93. The van der Waals surface area contributed by atoms with Gasteiger partial charge in [-0.2, -0.15) is 0 Å². The maximum atomic E-state index is 11.1. The second-order valence-electron chi connectivity index (χ2n) is 16.0. The molecule has 0 fully saturated rings. The lowest BCUT2D eigenvalue weighted by Crippen LogP contribution is -2.04. The third-order valence-corrected chi connectivity index (χ3v) is 11.6. The number of rotatable bonds is 33. The first-order valence-electron chi connectivity index (χ1n) is 23.1. The Kier molecular flexibility index (Phi) is 21.9. The smallest absolute Gasteiger partial charge is 0.325 e. The van der Waals surface area contributed by atoms with Gasteiger partial charge in [-0.05, 0) is 114 Å². The van der Waals surface area contributed by atoms with E-state index < -0.39 is 7.60 Å². The Hall–Kier alpha value is -3.39. The van der Waals surface area contributed by atoms with Crippen LogP contribution in [-0.4, -0.2) is 55.6 Å². The van der Waals surface area contributed by atoms with Crippen molar-refractivity contribution < 1.29 is 42.8 Å². The molecule has 4 aromatic rings. The van der Waals surface area contributed by atoms with Gasteiger partial charge in [-0.25, -0.2) is 0 Å². The molecule has 4 aromatic carbocycles. The van der Waals surface area contributed by atoms with Gasteiger partial charge in [0.1, 0.15) is 0 Å². The van der Waals surface area contributed by atoms with Crippen molar-refractivity contribution in [2.24, 2.45) is 0 Å². The highest BCUT2D eigenvalue weighted by Gasteiger charge is 2.21. The second-order valence-corrected chi connectivity index (χ2v) is 17.7. The molecule has 0 aliphatic carbocycles. The van der Waals surface area contributed by atoms with E-state index in [1.807, 2.05) is 0 Å². The first kappa shape index (κ1) is 48.3. The molecule has 0 aliphatic heterocycles. The number of fused-ring (bicyclic) bond motifs is 6. The summed E-state index contributed by atoms with van der Waals surface area (Å²) in [5.74, 6) is 4.54. The molecule has 0 spiro atoms. The highest BCUT2D eigenvalue weighted by Crippen LogP contribution is 2.47. The summed E-state index contributed by atoms with van der Waals surface area (Å²) in [6, 6.07) is 13.0. The number of ether oxygens (including phenoxy) is 6. The Bertz CT molecular complexity index is 1820. The van der Waals surface area contributed by atoms with E-state index in [0.29, 0.717) is 46.1 Å². The van der Waals surface area contributed by atoms with Crippen molar-refractivity contribution in [1.82, 2.24) is 0 Å². The molecule has 10 heteroatoms. The Morgan fingerprint density at radius 1 is 0.339 bits per heavy atom. The van der Waals surface area contributed by atoms with Crippen LogP contribution in [0, 0.1) is 0 Å². The van der Waals surface area contributed by atoms with Crippen molar-refractivity contribution in [3.63, 3.8) is 0 Å². The summed E-state index contributed by atoms with van der Waals surface area (Å²) in [6.45, 7) is 14.6. The molecule has 0 saturated heterocycles. The minimum absolute atomic E-state index is 0.00360. The number of hydrogen-bond acceptors (Lipinski definition) is 7. The number of hydrogen-bond donors (Lipinski definition) is 2. The van der Waals surface area contributed by atoms with E-state index in [0.717, 1.165) is 182 Å². The molecule has 4 rings (SSSR count). The van der Waals surface area contributed by atoms with Gasteiger partial charge in [-0.3, -0.25) is 4.57 Å². The lowest BCUT2D eigenvalue weighted by molar-refractivity contribution is 0.260. The standard InChI is InChI=1S/C49H75O9P/c1-6-11-25-53-44-32-38-39-33-45(54-26-12-7-2)47(56-28-14-9-4)35-41(39)43-37-49(58-30-23-21-19-17-16-18-20-22-24-31-59(50,51)52)48(57-29-15-10-5)36-42(43)40(38)34-46(44)55-27-13-8-3/h32-37H,6-31H2,1-5H3,(H2,50,51,52). The summed E-state index contributed by atoms with van der Waals surface area (Å²) >= 11 is 0. The zero-order chi connectivity index (χ0) is 42.3. The Labute approximate surface area is 355 Å². The van der Waals surface area contributed by atoms with Crippen LogP contribution in [0.2, 0.25) is 0 Å². The van der Waals surface area contributed by atoms with Crippen LogP contribution in [0.15, 0.2) is 36.4 Å². The third-order valence-electron chi connectivity index (χ3n) is 10.8. The van der Waals surface area contributed by atoms with Crippen molar-refractivity contribution in [2.75, 3.05) is 45.8 Å². The van der Waals surface area contributed by atoms with Gasteiger partial charge in [0.15, 0.2) is 34.5 Å². The van der Waals surface area contributed by atoms with Crippen molar-refractivity contribution in [3.8, 4) is 34.5 Å². The fraction of sp³-hybridized carbons (Fsp3) is 0.633. The summed E-state index contributed by atoms with van der Waals surface area (Å²) in [7, 11) is -3.87. The lowest BCUT2D eigenvalue weighted by Gasteiger charge is -2.20. The van der Waals surface area contributed by atoms with Crippen LogP contribution >= 0.6 is 7.60 Å². The topological polar surface area (TPSA) is 113 Å². The first-order chi connectivity index (χ1) is 28.7. The molecular formula is C49H75O9P. The molecule has 0 aliphatic rings. The predicted molar refractivity (Wildman–Crippen MR) is 245 cm³/mol. The van der Waals surface area contributed by atoms with Crippen LogP contribution in [0.3, 0.4) is 0 Å². The fourth-order valence-electron chi connectivity index (χ4n) is 7.17. The zero-order valence-corrected chi connectivity index (χ0v) is 37.9. The van der Waals surface area contributed by atoms with Gasteiger partial charge >= 0.3 is 7.60 Å². The molecule has 0 atom stereocenters. The molecule has 0 unspecified atom stereocenters. The maximum absolute atomic E-state index is 11.1. The molecule has 0 amide bonds. The molecule has 0 heterocycles. The van der Waals surface area contributed by atoms with Crippen LogP contribution in [0.4, 0.5) is 0 Å². The maximum Gasteiger partial charge on any atom is 0.325 e. The van der Waals surface area contributed by atoms with Gasteiger partial charge in [0.2, 0.25) is 0 Å².